The normalized spacial score (nSPS) is 38.6. The van der Waals surface area contributed by atoms with Gasteiger partial charge in [0.15, 0.2) is 0 Å². The molecule has 1 heterocycles. The summed E-state index contributed by atoms with van der Waals surface area (Å²) >= 11 is 0. The lowest BCUT2D eigenvalue weighted by atomic mass is 9.51. The van der Waals surface area contributed by atoms with Crippen LogP contribution in [0.15, 0.2) is 4.79 Å². The fourth-order valence-electron chi connectivity index (χ4n) is 5.80. The van der Waals surface area contributed by atoms with Crippen LogP contribution in [0.4, 0.5) is 5.69 Å². The summed E-state index contributed by atoms with van der Waals surface area (Å²) in [6.07, 6.45) is 6.92. The van der Waals surface area contributed by atoms with Gasteiger partial charge in [0.05, 0.1) is 5.69 Å². The summed E-state index contributed by atoms with van der Waals surface area (Å²) < 4.78 is 3.85. The van der Waals surface area contributed by atoms with Crippen molar-refractivity contribution in [3.63, 3.8) is 0 Å². The van der Waals surface area contributed by atoms with Gasteiger partial charge in [-0.2, -0.15) is 0 Å². The molecular weight excluding hydrogens is 250 g/mol. The molecule has 4 aliphatic carbocycles. The van der Waals surface area contributed by atoms with E-state index in [1.165, 1.54) is 32.1 Å². The fourth-order valence-corrected chi connectivity index (χ4v) is 5.80. The van der Waals surface area contributed by atoms with Gasteiger partial charge in [-0.25, -0.2) is 0 Å². The topological polar surface area (TPSA) is 52.9 Å². The Morgan fingerprint density at radius 3 is 2.15 bits per heavy atom. The highest BCUT2D eigenvalue weighted by Gasteiger charge is 2.50. The van der Waals surface area contributed by atoms with Crippen molar-refractivity contribution in [2.75, 3.05) is 5.73 Å². The van der Waals surface area contributed by atoms with E-state index in [1.807, 2.05) is 7.05 Å². The van der Waals surface area contributed by atoms with E-state index >= 15 is 0 Å². The molecule has 4 fully saturated rings. The zero-order valence-electron chi connectivity index (χ0n) is 12.5. The van der Waals surface area contributed by atoms with Gasteiger partial charge >= 0.3 is 0 Å². The molecule has 1 aromatic heterocycles. The summed E-state index contributed by atoms with van der Waals surface area (Å²) in [5.74, 6) is 4.00. The van der Waals surface area contributed by atoms with Crippen molar-refractivity contribution < 1.29 is 0 Å². The molecule has 4 bridgehead atoms. The quantitative estimate of drug-likeness (QED) is 0.900. The minimum absolute atomic E-state index is 0.00402. The highest BCUT2D eigenvalue weighted by molar-refractivity contribution is 5.45. The van der Waals surface area contributed by atoms with Gasteiger partial charge in [0.25, 0.3) is 5.56 Å². The molecule has 0 aromatic carbocycles. The van der Waals surface area contributed by atoms with E-state index in [-0.39, 0.29) is 5.56 Å². The number of rotatable bonds is 2. The maximum absolute atomic E-state index is 12.2. The molecule has 4 saturated carbocycles. The standard InChI is InChI=1S/C16H25N3O/c1-3-19-15(14(17)16(20)18(19)2)13-11-5-9-4-10(7-11)8-12(13)6-9/h9-13H,3-8,17H2,1-2H3. The van der Waals surface area contributed by atoms with Crippen LogP contribution in [0, 0.1) is 23.7 Å². The minimum atomic E-state index is -0.00402. The SMILES string of the molecule is CCn1c(C2C3CC4CC(C3)CC2C4)c(N)c(=O)n1C. The zero-order valence-corrected chi connectivity index (χ0v) is 12.5. The summed E-state index contributed by atoms with van der Waals surface area (Å²) in [5, 5.41) is 0. The van der Waals surface area contributed by atoms with E-state index in [4.69, 9.17) is 5.73 Å². The first-order valence-electron chi connectivity index (χ1n) is 8.15. The van der Waals surface area contributed by atoms with Gasteiger partial charge in [-0.05, 0) is 62.7 Å². The monoisotopic (exact) mass is 275 g/mol. The van der Waals surface area contributed by atoms with Crippen LogP contribution in [-0.2, 0) is 13.6 Å². The smallest absolute Gasteiger partial charge is 0.289 e. The van der Waals surface area contributed by atoms with Gasteiger partial charge in [0.1, 0.15) is 5.69 Å². The van der Waals surface area contributed by atoms with Crippen molar-refractivity contribution in [2.45, 2.75) is 51.5 Å². The number of nitrogen functional groups attached to an aromatic ring is 1. The van der Waals surface area contributed by atoms with Crippen LogP contribution >= 0.6 is 0 Å². The van der Waals surface area contributed by atoms with Crippen molar-refractivity contribution in [2.24, 2.45) is 30.7 Å². The molecule has 2 N–H and O–H groups in total. The van der Waals surface area contributed by atoms with E-state index in [9.17, 15) is 4.79 Å². The second-order valence-electron chi connectivity index (χ2n) is 7.30. The van der Waals surface area contributed by atoms with Crippen molar-refractivity contribution >= 4 is 5.69 Å². The Kier molecular flexibility index (Phi) is 2.60. The molecule has 4 heteroatoms. The number of nitrogens with zero attached hydrogens (tertiary/aromatic N) is 2. The first-order chi connectivity index (χ1) is 9.60. The lowest BCUT2D eigenvalue weighted by Gasteiger charge is -2.54. The average molecular weight is 275 g/mol. The van der Waals surface area contributed by atoms with Crippen LogP contribution in [0.5, 0.6) is 0 Å². The van der Waals surface area contributed by atoms with Gasteiger partial charge in [-0.1, -0.05) is 0 Å². The second-order valence-corrected chi connectivity index (χ2v) is 7.30. The van der Waals surface area contributed by atoms with Crippen LogP contribution in [0.2, 0.25) is 0 Å². The minimum Gasteiger partial charge on any atom is -0.393 e. The van der Waals surface area contributed by atoms with E-state index < -0.39 is 0 Å². The molecule has 110 valence electrons. The molecule has 5 rings (SSSR count). The number of anilines is 1. The van der Waals surface area contributed by atoms with Gasteiger partial charge in [0.2, 0.25) is 0 Å². The molecule has 0 radical (unpaired) electrons. The highest BCUT2D eigenvalue weighted by atomic mass is 16.1. The van der Waals surface area contributed by atoms with Crippen molar-refractivity contribution in [1.29, 1.82) is 0 Å². The number of aromatic nitrogens is 2. The predicted molar refractivity (Wildman–Crippen MR) is 79.5 cm³/mol. The molecule has 0 unspecified atom stereocenters. The van der Waals surface area contributed by atoms with Crippen LogP contribution in [0.3, 0.4) is 0 Å². The Morgan fingerprint density at radius 1 is 1.10 bits per heavy atom. The Bertz CT molecular complexity index is 570. The van der Waals surface area contributed by atoms with E-state index in [0.717, 1.165) is 35.9 Å². The van der Waals surface area contributed by atoms with E-state index in [1.54, 1.807) is 4.68 Å². The average Bonchev–Trinajstić information content (AvgIpc) is 2.62. The van der Waals surface area contributed by atoms with Crippen LogP contribution in [0.25, 0.3) is 0 Å². The summed E-state index contributed by atoms with van der Waals surface area (Å²) in [4.78, 5) is 12.2. The lowest BCUT2D eigenvalue weighted by Crippen LogP contribution is -2.44. The third-order valence-corrected chi connectivity index (χ3v) is 6.28. The molecule has 0 saturated heterocycles. The summed E-state index contributed by atoms with van der Waals surface area (Å²) in [7, 11) is 1.85. The summed E-state index contributed by atoms with van der Waals surface area (Å²) in [6.45, 7) is 2.94. The predicted octanol–water partition coefficient (Wildman–Crippen LogP) is 2.33. The maximum Gasteiger partial charge on any atom is 0.289 e. The third-order valence-electron chi connectivity index (χ3n) is 6.28. The largest absolute Gasteiger partial charge is 0.393 e. The number of nitrogens with two attached hydrogens (primary N) is 1. The summed E-state index contributed by atoms with van der Waals surface area (Å²) in [6, 6.07) is 0. The fraction of sp³-hybridized carbons (Fsp3) is 0.812. The molecule has 20 heavy (non-hydrogen) atoms. The van der Waals surface area contributed by atoms with Gasteiger partial charge in [0, 0.05) is 19.5 Å². The van der Waals surface area contributed by atoms with Crippen LogP contribution < -0.4 is 11.3 Å². The lowest BCUT2D eigenvalue weighted by molar-refractivity contribution is -0.00564. The van der Waals surface area contributed by atoms with E-state index in [2.05, 4.69) is 11.6 Å². The summed E-state index contributed by atoms with van der Waals surface area (Å²) in [5.41, 5.74) is 7.88. The molecule has 4 nitrogen and oxygen atoms in total. The van der Waals surface area contributed by atoms with Gasteiger partial charge in [-0.15, -0.1) is 0 Å². The first kappa shape index (κ1) is 12.5. The molecule has 0 atom stereocenters. The maximum atomic E-state index is 12.2. The Balaban J connectivity index is 1.82. The number of hydrogen-bond acceptors (Lipinski definition) is 2. The molecule has 0 spiro atoms. The van der Waals surface area contributed by atoms with E-state index in [0.29, 0.717) is 11.6 Å². The highest BCUT2D eigenvalue weighted by Crippen LogP contribution is 2.60. The molecule has 0 amide bonds. The molecule has 4 aliphatic rings. The number of hydrogen-bond donors (Lipinski definition) is 1. The van der Waals surface area contributed by atoms with Gasteiger partial charge in [-0.3, -0.25) is 14.2 Å². The van der Waals surface area contributed by atoms with Crippen molar-refractivity contribution in [3.05, 3.63) is 16.0 Å². The first-order valence-corrected chi connectivity index (χ1v) is 8.15. The molecule has 1 aromatic rings. The molecule has 0 aliphatic heterocycles. The second kappa shape index (κ2) is 4.15. The third kappa shape index (κ3) is 1.51. The Labute approximate surface area is 119 Å². The van der Waals surface area contributed by atoms with Crippen molar-refractivity contribution in [1.82, 2.24) is 9.36 Å². The Morgan fingerprint density at radius 2 is 1.65 bits per heavy atom. The van der Waals surface area contributed by atoms with Crippen LogP contribution in [-0.4, -0.2) is 9.36 Å². The van der Waals surface area contributed by atoms with Crippen molar-refractivity contribution in [3.8, 4) is 0 Å². The van der Waals surface area contributed by atoms with Crippen LogP contribution in [0.1, 0.15) is 50.6 Å². The van der Waals surface area contributed by atoms with Gasteiger partial charge < -0.3 is 5.73 Å². The zero-order chi connectivity index (χ0) is 14.0. The molecular formula is C16H25N3O. The Hall–Kier alpha value is -1.19.